The van der Waals surface area contributed by atoms with Gasteiger partial charge in [-0.05, 0) is 18.9 Å². The van der Waals surface area contributed by atoms with Gasteiger partial charge in [0.1, 0.15) is 0 Å². The number of benzene rings is 1. The first-order valence-electron chi connectivity index (χ1n) is 5.67. The van der Waals surface area contributed by atoms with Gasteiger partial charge in [-0.25, -0.2) is 0 Å². The molecule has 0 fully saturated rings. The topological polar surface area (TPSA) is 55.1 Å². The van der Waals surface area contributed by atoms with E-state index in [0.29, 0.717) is 13.1 Å². The quantitative estimate of drug-likeness (QED) is 0.842. The third-order valence-corrected chi connectivity index (χ3v) is 2.63. The van der Waals surface area contributed by atoms with E-state index in [2.05, 4.69) is 36.5 Å². The normalized spacial score (nSPS) is 11.5. The van der Waals surface area contributed by atoms with E-state index in [1.807, 2.05) is 6.92 Å². The van der Waals surface area contributed by atoms with Crippen LogP contribution in [0.2, 0.25) is 0 Å². The minimum Gasteiger partial charge on any atom is -0.355 e. The fourth-order valence-corrected chi connectivity index (χ4v) is 1.37. The molecule has 0 radical (unpaired) electrons. The van der Waals surface area contributed by atoms with Gasteiger partial charge in [-0.15, -0.1) is 12.4 Å². The maximum atomic E-state index is 11.4. The van der Waals surface area contributed by atoms with Crippen molar-refractivity contribution in [2.24, 2.45) is 11.7 Å². The van der Waals surface area contributed by atoms with E-state index in [1.54, 1.807) is 0 Å². The molecule has 96 valence electrons. The predicted octanol–water partition coefficient (Wildman–Crippen LogP) is 1.67. The number of nitrogens with two attached hydrogens (primary N) is 1. The lowest BCUT2D eigenvalue weighted by atomic mass is 10.1. The van der Waals surface area contributed by atoms with E-state index >= 15 is 0 Å². The first-order valence-corrected chi connectivity index (χ1v) is 5.67. The first-order chi connectivity index (χ1) is 7.63. The molecule has 17 heavy (non-hydrogen) atoms. The number of hydrogen-bond acceptors (Lipinski definition) is 2. The Hall–Kier alpha value is -1.06. The monoisotopic (exact) mass is 256 g/mol. The highest BCUT2D eigenvalue weighted by Gasteiger charge is 2.09. The van der Waals surface area contributed by atoms with Crippen LogP contribution in [0.5, 0.6) is 0 Å². The fourth-order valence-electron chi connectivity index (χ4n) is 1.37. The number of carbonyl (C=O) groups excluding carboxylic acids is 1. The molecule has 0 heterocycles. The maximum absolute atomic E-state index is 11.4. The predicted molar refractivity (Wildman–Crippen MR) is 73.4 cm³/mol. The molecule has 0 spiro atoms. The van der Waals surface area contributed by atoms with Crippen molar-refractivity contribution >= 4 is 18.3 Å². The molecule has 1 rings (SSSR count). The van der Waals surface area contributed by atoms with Crippen LogP contribution in [0.3, 0.4) is 0 Å². The standard InChI is InChI=1S/C13H20N2O.ClH/c1-10-3-5-12(6-4-10)7-8-15-13(16)11(2)9-14;/h3-6,11H,7-9,14H2,1-2H3,(H,15,16);1H. The summed E-state index contributed by atoms with van der Waals surface area (Å²) in [6, 6.07) is 8.35. The van der Waals surface area contributed by atoms with Gasteiger partial charge in [-0.3, -0.25) is 4.79 Å². The van der Waals surface area contributed by atoms with Crippen LogP contribution < -0.4 is 11.1 Å². The van der Waals surface area contributed by atoms with Crippen molar-refractivity contribution in [2.45, 2.75) is 20.3 Å². The highest BCUT2D eigenvalue weighted by molar-refractivity contribution is 5.85. The van der Waals surface area contributed by atoms with Crippen molar-refractivity contribution in [1.29, 1.82) is 0 Å². The van der Waals surface area contributed by atoms with Gasteiger partial charge in [-0.1, -0.05) is 36.8 Å². The zero-order valence-electron chi connectivity index (χ0n) is 10.4. The van der Waals surface area contributed by atoms with Crippen molar-refractivity contribution in [3.63, 3.8) is 0 Å². The van der Waals surface area contributed by atoms with Crippen molar-refractivity contribution in [2.75, 3.05) is 13.1 Å². The highest BCUT2D eigenvalue weighted by atomic mass is 35.5. The number of hydrogen-bond donors (Lipinski definition) is 2. The van der Waals surface area contributed by atoms with Gasteiger partial charge in [0, 0.05) is 19.0 Å². The Balaban J connectivity index is 0.00000256. The van der Waals surface area contributed by atoms with Crippen LogP contribution in [0.4, 0.5) is 0 Å². The number of amides is 1. The summed E-state index contributed by atoms with van der Waals surface area (Å²) in [5.74, 6) is -0.0624. The van der Waals surface area contributed by atoms with Gasteiger partial charge < -0.3 is 11.1 Å². The van der Waals surface area contributed by atoms with E-state index in [0.717, 1.165) is 6.42 Å². The number of carbonyl (C=O) groups is 1. The van der Waals surface area contributed by atoms with Crippen LogP contribution >= 0.6 is 12.4 Å². The molecule has 1 aromatic rings. The summed E-state index contributed by atoms with van der Waals surface area (Å²) in [5.41, 5.74) is 7.91. The second-order valence-electron chi connectivity index (χ2n) is 4.16. The van der Waals surface area contributed by atoms with Crippen LogP contribution in [0.25, 0.3) is 0 Å². The van der Waals surface area contributed by atoms with Crippen molar-refractivity contribution in [3.05, 3.63) is 35.4 Å². The van der Waals surface area contributed by atoms with Gasteiger partial charge in [-0.2, -0.15) is 0 Å². The Morgan fingerprint density at radius 2 is 1.94 bits per heavy atom. The molecule has 3 nitrogen and oxygen atoms in total. The largest absolute Gasteiger partial charge is 0.355 e. The lowest BCUT2D eigenvalue weighted by molar-refractivity contribution is -0.124. The summed E-state index contributed by atoms with van der Waals surface area (Å²) in [5, 5.41) is 2.88. The highest BCUT2D eigenvalue weighted by Crippen LogP contribution is 2.03. The molecule has 0 bridgehead atoms. The Morgan fingerprint density at radius 3 is 2.47 bits per heavy atom. The molecule has 1 aromatic carbocycles. The molecule has 0 saturated carbocycles. The smallest absolute Gasteiger partial charge is 0.224 e. The van der Waals surface area contributed by atoms with Gasteiger partial charge in [0.15, 0.2) is 0 Å². The van der Waals surface area contributed by atoms with Crippen molar-refractivity contribution in [3.8, 4) is 0 Å². The number of halogens is 1. The van der Waals surface area contributed by atoms with Gasteiger partial charge in [0.25, 0.3) is 0 Å². The van der Waals surface area contributed by atoms with E-state index in [4.69, 9.17) is 5.73 Å². The Kier molecular flexibility index (Phi) is 7.59. The lowest BCUT2D eigenvalue weighted by Crippen LogP contribution is -2.34. The molecule has 1 amide bonds. The third kappa shape index (κ3) is 5.71. The molecule has 1 atom stereocenters. The molecule has 0 saturated heterocycles. The Bertz CT molecular complexity index is 338. The van der Waals surface area contributed by atoms with Crippen LogP contribution in [0, 0.1) is 12.8 Å². The van der Waals surface area contributed by atoms with Gasteiger partial charge in [0.2, 0.25) is 5.91 Å². The van der Waals surface area contributed by atoms with Crippen LogP contribution in [-0.2, 0) is 11.2 Å². The third-order valence-electron chi connectivity index (χ3n) is 2.63. The lowest BCUT2D eigenvalue weighted by Gasteiger charge is -2.09. The number of nitrogens with one attached hydrogen (secondary N) is 1. The first kappa shape index (κ1) is 15.9. The van der Waals surface area contributed by atoms with Crippen molar-refractivity contribution < 1.29 is 4.79 Å². The molecule has 1 unspecified atom stereocenters. The minimum absolute atomic E-state index is 0. The summed E-state index contributed by atoms with van der Waals surface area (Å²) >= 11 is 0. The van der Waals surface area contributed by atoms with Crippen LogP contribution in [0.1, 0.15) is 18.1 Å². The van der Waals surface area contributed by atoms with Crippen LogP contribution in [-0.4, -0.2) is 19.0 Å². The summed E-state index contributed by atoms with van der Waals surface area (Å²) in [7, 11) is 0. The molecule has 4 heteroatoms. The second kappa shape index (κ2) is 8.09. The van der Waals surface area contributed by atoms with E-state index in [-0.39, 0.29) is 24.2 Å². The van der Waals surface area contributed by atoms with E-state index in [1.165, 1.54) is 11.1 Å². The van der Waals surface area contributed by atoms with Crippen molar-refractivity contribution in [1.82, 2.24) is 5.32 Å². The average Bonchev–Trinajstić information content (AvgIpc) is 2.30. The van der Waals surface area contributed by atoms with E-state index in [9.17, 15) is 4.79 Å². The molecule has 0 aliphatic heterocycles. The summed E-state index contributed by atoms with van der Waals surface area (Å²) in [4.78, 5) is 11.4. The van der Waals surface area contributed by atoms with Gasteiger partial charge in [0.05, 0.1) is 0 Å². The zero-order chi connectivity index (χ0) is 12.0. The summed E-state index contributed by atoms with van der Waals surface area (Å²) < 4.78 is 0. The molecule has 0 aliphatic rings. The Morgan fingerprint density at radius 1 is 1.35 bits per heavy atom. The minimum atomic E-state index is -0.0991. The molecule has 0 aromatic heterocycles. The maximum Gasteiger partial charge on any atom is 0.224 e. The molecular formula is C13H21ClN2O. The van der Waals surface area contributed by atoms with E-state index < -0.39 is 0 Å². The molecular weight excluding hydrogens is 236 g/mol. The van der Waals surface area contributed by atoms with Gasteiger partial charge >= 0.3 is 0 Å². The molecule has 3 N–H and O–H groups in total. The summed E-state index contributed by atoms with van der Waals surface area (Å²) in [6.07, 6.45) is 0.864. The second-order valence-corrected chi connectivity index (χ2v) is 4.16. The number of aryl methyl sites for hydroxylation is 1. The Labute approximate surface area is 109 Å². The number of rotatable bonds is 5. The SMILES string of the molecule is Cc1ccc(CCNC(=O)C(C)CN)cc1.Cl. The van der Waals surface area contributed by atoms with Crippen LogP contribution in [0.15, 0.2) is 24.3 Å². The zero-order valence-corrected chi connectivity index (χ0v) is 11.2. The summed E-state index contributed by atoms with van der Waals surface area (Å²) in [6.45, 7) is 4.97. The fraction of sp³-hybridized carbons (Fsp3) is 0.462. The molecule has 0 aliphatic carbocycles. The average molecular weight is 257 g/mol.